The van der Waals surface area contributed by atoms with E-state index in [1.165, 1.54) is 12.0 Å². The first-order chi connectivity index (χ1) is 18.3. The average Bonchev–Trinajstić information content (AvgIpc) is 3.16. The van der Waals surface area contributed by atoms with Crippen molar-refractivity contribution in [2.75, 3.05) is 13.7 Å². The fraction of sp³-hybridized carbons (Fsp3) is 0.267. The molecule has 1 fully saturated rings. The zero-order valence-electron chi connectivity index (χ0n) is 21.9. The van der Waals surface area contributed by atoms with Crippen LogP contribution in [0.25, 0.3) is 5.76 Å². The van der Waals surface area contributed by atoms with Gasteiger partial charge in [-0.25, -0.2) is 4.79 Å². The molecule has 1 amide bonds. The molecule has 196 valence electrons. The Morgan fingerprint density at radius 3 is 2.47 bits per heavy atom. The number of pyridine rings is 1. The quantitative estimate of drug-likeness (QED) is 0.197. The zero-order valence-corrected chi connectivity index (χ0v) is 21.9. The number of hydrogen-bond acceptors (Lipinski definition) is 7. The van der Waals surface area contributed by atoms with E-state index in [9.17, 15) is 19.5 Å². The number of Topliss-reactive ketones (excluding diaryl/α,β-unsaturated/α-hetero) is 1. The van der Waals surface area contributed by atoms with E-state index in [2.05, 4.69) is 4.98 Å². The van der Waals surface area contributed by atoms with Gasteiger partial charge in [-0.05, 0) is 66.8 Å². The van der Waals surface area contributed by atoms with E-state index in [0.29, 0.717) is 34.6 Å². The second-order valence-corrected chi connectivity index (χ2v) is 9.21. The molecule has 1 aliphatic heterocycles. The van der Waals surface area contributed by atoms with E-state index in [-0.39, 0.29) is 17.9 Å². The minimum atomic E-state index is -0.872. The van der Waals surface area contributed by atoms with Crippen molar-refractivity contribution in [3.05, 3.63) is 99.9 Å². The summed E-state index contributed by atoms with van der Waals surface area (Å²) in [6.07, 6.45) is 3.89. The summed E-state index contributed by atoms with van der Waals surface area (Å²) in [4.78, 5) is 44.5. The van der Waals surface area contributed by atoms with Crippen LogP contribution in [0, 0.1) is 13.8 Å². The van der Waals surface area contributed by atoms with E-state index in [1.54, 1.807) is 54.9 Å². The molecule has 8 heteroatoms. The number of carbonyl (C=O) groups is 3. The maximum atomic E-state index is 13.4. The Balaban J connectivity index is 1.78. The topological polar surface area (TPSA) is 106 Å². The number of aliphatic hydroxyl groups is 1. The number of ether oxygens (including phenoxy) is 2. The van der Waals surface area contributed by atoms with Crippen LogP contribution in [-0.4, -0.2) is 46.4 Å². The molecule has 0 radical (unpaired) electrons. The van der Waals surface area contributed by atoms with Crippen LogP contribution in [0.5, 0.6) is 5.75 Å². The number of esters is 1. The molecule has 38 heavy (non-hydrogen) atoms. The summed E-state index contributed by atoms with van der Waals surface area (Å²) in [5.74, 6) is -1.84. The number of rotatable bonds is 8. The first-order valence-corrected chi connectivity index (χ1v) is 12.4. The lowest BCUT2D eigenvalue weighted by Gasteiger charge is -2.25. The Kier molecular flexibility index (Phi) is 7.90. The number of benzene rings is 2. The van der Waals surface area contributed by atoms with Gasteiger partial charge in [0.1, 0.15) is 11.5 Å². The van der Waals surface area contributed by atoms with Crippen LogP contribution in [0.4, 0.5) is 0 Å². The van der Waals surface area contributed by atoms with Gasteiger partial charge < -0.3 is 19.5 Å². The minimum absolute atomic E-state index is 0.0361. The molecule has 1 unspecified atom stereocenters. The highest BCUT2D eigenvalue weighted by atomic mass is 16.5. The van der Waals surface area contributed by atoms with Gasteiger partial charge in [-0.15, -0.1) is 0 Å². The average molecular weight is 515 g/mol. The van der Waals surface area contributed by atoms with Crippen LogP contribution in [0.15, 0.2) is 66.5 Å². The predicted octanol–water partition coefficient (Wildman–Crippen LogP) is 4.90. The molecule has 1 aromatic heterocycles. The molecule has 0 aliphatic carbocycles. The van der Waals surface area contributed by atoms with Gasteiger partial charge in [-0.2, -0.15) is 0 Å². The number of methoxy groups -OCH3 is 1. The van der Waals surface area contributed by atoms with Gasteiger partial charge in [0, 0.05) is 18.9 Å². The lowest BCUT2D eigenvalue weighted by atomic mass is 9.94. The number of aryl methyl sites for hydroxylation is 2. The number of aromatic nitrogens is 1. The maximum absolute atomic E-state index is 13.4. The van der Waals surface area contributed by atoms with Crippen molar-refractivity contribution in [3.63, 3.8) is 0 Å². The summed E-state index contributed by atoms with van der Waals surface area (Å²) >= 11 is 0. The molecule has 2 heterocycles. The standard InChI is InChI=1S/C30H30N2O6/c1-5-13-38-30(36)21-10-8-20(9-11-21)17-32-25(22-7-6-12-31-16-22)24(27(34)29(32)35)26(33)23-15-18(2)14-19(3)28(23)37-4/h6-12,14-16,25,33H,5,13,17H2,1-4H3/b26-24+. The number of nitrogens with zero attached hydrogens (tertiary/aromatic N) is 2. The van der Waals surface area contributed by atoms with Crippen molar-refractivity contribution in [1.82, 2.24) is 9.88 Å². The molecular weight excluding hydrogens is 484 g/mol. The molecule has 0 spiro atoms. The summed E-state index contributed by atoms with van der Waals surface area (Å²) in [5, 5.41) is 11.5. The Labute approximate surface area is 221 Å². The van der Waals surface area contributed by atoms with Crippen LogP contribution < -0.4 is 4.74 Å². The highest BCUT2D eigenvalue weighted by Crippen LogP contribution is 2.42. The van der Waals surface area contributed by atoms with Gasteiger partial charge in [0.25, 0.3) is 11.7 Å². The van der Waals surface area contributed by atoms with E-state index in [1.807, 2.05) is 26.8 Å². The second kappa shape index (κ2) is 11.3. The number of carbonyl (C=O) groups excluding carboxylic acids is 3. The molecule has 1 aliphatic rings. The molecule has 0 saturated carbocycles. The molecule has 1 atom stereocenters. The third-order valence-electron chi connectivity index (χ3n) is 6.40. The van der Waals surface area contributed by atoms with Crippen molar-refractivity contribution in [2.24, 2.45) is 0 Å². The molecule has 4 rings (SSSR count). The minimum Gasteiger partial charge on any atom is -0.507 e. The largest absolute Gasteiger partial charge is 0.507 e. The van der Waals surface area contributed by atoms with Crippen molar-refractivity contribution in [2.45, 2.75) is 39.8 Å². The predicted molar refractivity (Wildman–Crippen MR) is 142 cm³/mol. The number of ketones is 1. The first-order valence-electron chi connectivity index (χ1n) is 12.4. The Bertz CT molecular complexity index is 1400. The Morgan fingerprint density at radius 2 is 1.84 bits per heavy atom. The molecule has 1 N–H and O–H groups in total. The molecule has 2 aromatic carbocycles. The summed E-state index contributed by atoms with van der Waals surface area (Å²) in [6.45, 7) is 6.06. The fourth-order valence-corrected chi connectivity index (χ4v) is 4.69. The molecule has 3 aromatic rings. The Hall–Kier alpha value is -4.46. The van der Waals surface area contributed by atoms with E-state index >= 15 is 0 Å². The smallest absolute Gasteiger partial charge is 0.338 e. The highest BCUT2D eigenvalue weighted by molar-refractivity contribution is 6.46. The summed E-state index contributed by atoms with van der Waals surface area (Å²) in [7, 11) is 1.49. The van der Waals surface area contributed by atoms with E-state index in [0.717, 1.165) is 17.5 Å². The zero-order chi connectivity index (χ0) is 27.4. The molecule has 0 bridgehead atoms. The normalized spacial score (nSPS) is 16.5. The third-order valence-corrected chi connectivity index (χ3v) is 6.40. The lowest BCUT2D eigenvalue weighted by Crippen LogP contribution is -2.29. The number of amides is 1. The number of hydrogen-bond donors (Lipinski definition) is 1. The van der Waals surface area contributed by atoms with Gasteiger partial charge in [-0.3, -0.25) is 14.6 Å². The number of likely N-dealkylation sites (tertiary alicyclic amines) is 1. The van der Waals surface area contributed by atoms with E-state index < -0.39 is 23.7 Å². The molecular formula is C30H30N2O6. The van der Waals surface area contributed by atoms with Gasteiger partial charge in [0.2, 0.25) is 0 Å². The summed E-state index contributed by atoms with van der Waals surface area (Å²) < 4.78 is 10.7. The highest BCUT2D eigenvalue weighted by Gasteiger charge is 2.46. The van der Waals surface area contributed by atoms with Crippen LogP contribution in [0.3, 0.4) is 0 Å². The molecule has 8 nitrogen and oxygen atoms in total. The lowest BCUT2D eigenvalue weighted by molar-refractivity contribution is -0.140. The summed E-state index contributed by atoms with van der Waals surface area (Å²) in [6, 6.07) is 12.9. The van der Waals surface area contributed by atoms with Crippen LogP contribution in [0.2, 0.25) is 0 Å². The molecule has 1 saturated heterocycles. The third kappa shape index (κ3) is 5.16. The second-order valence-electron chi connectivity index (χ2n) is 9.21. The van der Waals surface area contributed by atoms with Crippen molar-refractivity contribution in [3.8, 4) is 5.75 Å². The fourth-order valence-electron chi connectivity index (χ4n) is 4.69. The van der Waals surface area contributed by atoms with Crippen molar-refractivity contribution in [1.29, 1.82) is 0 Å². The van der Waals surface area contributed by atoms with Gasteiger partial charge >= 0.3 is 5.97 Å². The van der Waals surface area contributed by atoms with Crippen LogP contribution in [0.1, 0.15) is 57.6 Å². The van der Waals surface area contributed by atoms with Gasteiger partial charge in [-0.1, -0.05) is 31.2 Å². The Morgan fingerprint density at radius 1 is 1.11 bits per heavy atom. The summed E-state index contributed by atoms with van der Waals surface area (Å²) in [5.41, 5.74) is 3.65. The monoisotopic (exact) mass is 514 g/mol. The van der Waals surface area contributed by atoms with Gasteiger partial charge in [0.15, 0.2) is 0 Å². The SMILES string of the molecule is CCCOC(=O)c1ccc(CN2C(=O)C(=O)/C(=C(/O)c3cc(C)cc(C)c3OC)C2c2cccnc2)cc1. The van der Waals surface area contributed by atoms with Crippen LogP contribution >= 0.6 is 0 Å². The van der Waals surface area contributed by atoms with Gasteiger partial charge in [0.05, 0.1) is 36.5 Å². The first kappa shape index (κ1) is 26.6. The number of aliphatic hydroxyl groups excluding tert-OH is 1. The van der Waals surface area contributed by atoms with Crippen molar-refractivity contribution >= 4 is 23.4 Å². The van der Waals surface area contributed by atoms with Crippen molar-refractivity contribution < 1.29 is 29.0 Å². The van der Waals surface area contributed by atoms with E-state index in [4.69, 9.17) is 9.47 Å². The van der Waals surface area contributed by atoms with Crippen LogP contribution in [-0.2, 0) is 20.9 Å². The maximum Gasteiger partial charge on any atom is 0.338 e.